The van der Waals surface area contributed by atoms with Gasteiger partial charge in [0.25, 0.3) is 0 Å². The number of amides is 1. The Morgan fingerprint density at radius 1 is 0.897 bits per heavy atom. The van der Waals surface area contributed by atoms with Crippen molar-refractivity contribution in [2.45, 2.75) is 6.42 Å². The minimum atomic E-state index is -3.49. The molecule has 1 amide bonds. The minimum Gasteiger partial charge on any atom is -0.369 e. The van der Waals surface area contributed by atoms with Crippen LogP contribution in [0.2, 0.25) is 0 Å². The van der Waals surface area contributed by atoms with Gasteiger partial charge in [-0.25, -0.2) is 17.2 Å². The van der Waals surface area contributed by atoms with Gasteiger partial charge in [0.2, 0.25) is 15.9 Å². The molecule has 3 rings (SSSR count). The summed E-state index contributed by atoms with van der Waals surface area (Å²) < 4.78 is 52.4. The third-order valence-corrected chi connectivity index (χ3v) is 6.66. The first-order valence-electron chi connectivity index (χ1n) is 9.33. The van der Waals surface area contributed by atoms with Gasteiger partial charge in [-0.2, -0.15) is 4.31 Å². The predicted molar refractivity (Wildman–Crippen MR) is 107 cm³/mol. The van der Waals surface area contributed by atoms with Crippen LogP contribution in [-0.4, -0.2) is 57.1 Å². The van der Waals surface area contributed by atoms with Crippen molar-refractivity contribution in [2.75, 3.05) is 43.4 Å². The van der Waals surface area contributed by atoms with Crippen LogP contribution in [0.25, 0.3) is 0 Å². The van der Waals surface area contributed by atoms with Crippen molar-refractivity contribution in [1.29, 1.82) is 0 Å². The predicted octanol–water partition coefficient (Wildman–Crippen LogP) is 1.78. The van der Waals surface area contributed by atoms with E-state index < -0.39 is 10.0 Å². The van der Waals surface area contributed by atoms with Crippen LogP contribution < -0.4 is 10.2 Å². The van der Waals surface area contributed by atoms with Crippen LogP contribution in [0.1, 0.15) is 5.56 Å². The SMILES string of the molecule is O=C(Cc1ccc(F)cc1)NCCS(=O)(=O)N1CCN(c2ccc(F)cc2)CC1. The van der Waals surface area contributed by atoms with Crippen molar-refractivity contribution >= 4 is 21.6 Å². The summed E-state index contributed by atoms with van der Waals surface area (Å²) in [7, 11) is -3.49. The number of nitrogens with one attached hydrogen (secondary N) is 1. The maximum atomic E-state index is 13.0. The first-order chi connectivity index (χ1) is 13.8. The smallest absolute Gasteiger partial charge is 0.224 e. The standard InChI is InChI=1S/C20H23F2N3O3S/c21-17-3-1-16(2-4-17)15-20(26)23-9-14-29(27,28)25-12-10-24(11-13-25)19-7-5-18(22)6-8-19/h1-8H,9-15H2,(H,23,26). The van der Waals surface area contributed by atoms with Gasteiger partial charge in [0.05, 0.1) is 12.2 Å². The zero-order valence-corrected chi connectivity index (χ0v) is 16.7. The van der Waals surface area contributed by atoms with E-state index in [1.165, 1.54) is 40.7 Å². The van der Waals surface area contributed by atoms with Crippen molar-refractivity contribution in [1.82, 2.24) is 9.62 Å². The molecular weight excluding hydrogens is 400 g/mol. The number of rotatable bonds is 7. The van der Waals surface area contributed by atoms with Crippen LogP contribution in [0.3, 0.4) is 0 Å². The highest BCUT2D eigenvalue weighted by Crippen LogP contribution is 2.18. The molecule has 1 N–H and O–H groups in total. The second-order valence-corrected chi connectivity index (χ2v) is 8.92. The molecule has 0 atom stereocenters. The number of hydrogen-bond donors (Lipinski definition) is 1. The quantitative estimate of drug-likeness (QED) is 0.737. The number of carbonyl (C=O) groups is 1. The lowest BCUT2D eigenvalue weighted by Crippen LogP contribution is -2.50. The van der Waals surface area contributed by atoms with Crippen molar-refractivity contribution < 1.29 is 22.0 Å². The number of nitrogens with zero attached hydrogens (tertiary/aromatic N) is 2. The normalized spacial score (nSPS) is 15.3. The van der Waals surface area contributed by atoms with E-state index in [1.807, 2.05) is 4.90 Å². The Balaban J connectivity index is 1.43. The highest BCUT2D eigenvalue weighted by molar-refractivity contribution is 7.89. The molecule has 29 heavy (non-hydrogen) atoms. The highest BCUT2D eigenvalue weighted by Gasteiger charge is 2.26. The average Bonchev–Trinajstić information content (AvgIpc) is 2.70. The summed E-state index contributed by atoms with van der Waals surface area (Å²) in [5.41, 5.74) is 1.51. The van der Waals surface area contributed by atoms with Crippen molar-refractivity contribution in [3.05, 3.63) is 65.7 Å². The van der Waals surface area contributed by atoms with Crippen molar-refractivity contribution in [2.24, 2.45) is 0 Å². The topological polar surface area (TPSA) is 69.7 Å². The molecule has 1 aliphatic heterocycles. The Labute approximate surface area is 169 Å². The fourth-order valence-electron chi connectivity index (χ4n) is 3.18. The summed E-state index contributed by atoms with van der Waals surface area (Å²) in [6.07, 6.45) is 0.0661. The molecule has 0 radical (unpaired) electrons. The molecule has 2 aromatic carbocycles. The van der Waals surface area contributed by atoms with E-state index in [4.69, 9.17) is 0 Å². The van der Waals surface area contributed by atoms with Gasteiger partial charge in [0.1, 0.15) is 11.6 Å². The first-order valence-corrected chi connectivity index (χ1v) is 10.9. The lowest BCUT2D eigenvalue weighted by atomic mass is 10.1. The van der Waals surface area contributed by atoms with Crippen LogP contribution in [0, 0.1) is 11.6 Å². The second kappa shape index (κ2) is 9.32. The molecule has 1 aliphatic rings. The van der Waals surface area contributed by atoms with E-state index in [0.29, 0.717) is 31.7 Å². The summed E-state index contributed by atoms with van der Waals surface area (Å²) in [6, 6.07) is 11.7. The van der Waals surface area contributed by atoms with Crippen LogP contribution in [0.4, 0.5) is 14.5 Å². The molecule has 0 aromatic heterocycles. The molecule has 1 saturated heterocycles. The fraction of sp³-hybridized carbons (Fsp3) is 0.350. The van der Waals surface area contributed by atoms with E-state index in [2.05, 4.69) is 5.32 Å². The number of benzene rings is 2. The molecule has 0 unspecified atom stereocenters. The van der Waals surface area contributed by atoms with Crippen LogP contribution in [0.15, 0.2) is 48.5 Å². The van der Waals surface area contributed by atoms with E-state index in [-0.39, 0.29) is 36.3 Å². The average molecular weight is 423 g/mol. The molecule has 9 heteroatoms. The Hall–Kier alpha value is -2.52. The van der Waals surface area contributed by atoms with E-state index in [0.717, 1.165) is 5.69 Å². The molecule has 1 fully saturated rings. The highest BCUT2D eigenvalue weighted by atomic mass is 32.2. The third-order valence-electron chi connectivity index (χ3n) is 4.78. The van der Waals surface area contributed by atoms with E-state index >= 15 is 0 Å². The number of anilines is 1. The number of halogens is 2. The van der Waals surface area contributed by atoms with Crippen molar-refractivity contribution in [3.8, 4) is 0 Å². The van der Waals surface area contributed by atoms with Gasteiger partial charge in [0.15, 0.2) is 0 Å². The zero-order valence-electron chi connectivity index (χ0n) is 15.9. The van der Waals surface area contributed by atoms with Gasteiger partial charge in [-0.15, -0.1) is 0 Å². The lowest BCUT2D eigenvalue weighted by molar-refractivity contribution is -0.120. The van der Waals surface area contributed by atoms with Gasteiger partial charge >= 0.3 is 0 Å². The molecule has 1 heterocycles. The molecule has 0 aliphatic carbocycles. The maximum absolute atomic E-state index is 13.0. The molecule has 2 aromatic rings. The molecule has 156 valence electrons. The lowest BCUT2D eigenvalue weighted by Gasteiger charge is -2.35. The molecule has 0 saturated carbocycles. The summed E-state index contributed by atoms with van der Waals surface area (Å²) in [5, 5.41) is 2.60. The molecule has 0 bridgehead atoms. The minimum absolute atomic E-state index is 0.0144. The van der Waals surface area contributed by atoms with Gasteiger partial charge in [-0.05, 0) is 42.0 Å². The van der Waals surface area contributed by atoms with E-state index in [1.54, 1.807) is 12.1 Å². The Bertz CT molecular complexity index is 926. The number of carbonyl (C=O) groups excluding carboxylic acids is 1. The number of hydrogen-bond acceptors (Lipinski definition) is 4. The zero-order chi connectivity index (χ0) is 20.9. The summed E-state index contributed by atoms with van der Waals surface area (Å²) in [4.78, 5) is 13.9. The van der Waals surface area contributed by atoms with E-state index in [9.17, 15) is 22.0 Å². The van der Waals surface area contributed by atoms with Gasteiger partial charge in [-0.3, -0.25) is 4.79 Å². The second-order valence-electron chi connectivity index (χ2n) is 6.83. The molecular formula is C20H23F2N3O3S. The largest absolute Gasteiger partial charge is 0.369 e. The Kier molecular flexibility index (Phi) is 6.81. The first kappa shape index (κ1) is 21.2. The van der Waals surface area contributed by atoms with Crippen LogP contribution in [0.5, 0.6) is 0 Å². The Morgan fingerprint density at radius 3 is 2.03 bits per heavy atom. The third kappa shape index (κ3) is 5.98. The van der Waals surface area contributed by atoms with Gasteiger partial charge < -0.3 is 10.2 Å². The fourth-order valence-corrected chi connectivity index (χ4v) is 4.51. The van der Waals surface area contributed by atoms with Gasteiger partial charge in [0, 0.05) is 38.4 Å². The maximum Gasteiger partial charge on any atom is 0.224 e. The Morgan fingerprint density at radius 2 is 1.45 bits per heavy atom. The number of sulfonamides is 1. The summed E-state index contributed by atoms with van der Waals surface area (Å²) in [6.45, 7) is 1.72. The van der Waals surface area contributed by atoms with Crippen LogP contribution in [-0.2, 0) is 21.2 Å². The van der Waals surface area contributed by atoms with Crippen LogP contribution >= 0.6 is 0 Å². The number of piperazine rings is 1. The van der Waals surface area contributed by atoms with Crippen molar-refractivity contribution in [3.63, 3.8) is 0 Å². The molecule has 0 spiro atoms. The monoisotopic (exact) mass is 423 g/mol. The molecule has 6 nitrogen and oxygen atoms in total. The summed E-state index contributed by atoms with van der Waals surface area (Å²) in [5.74, 6) is -1.18. The van der Waals surface area contributed by atoms with Gasteiger partial charge in [-0.1, -0.05) is 12.1 Å². The summed E-state index contributed by atoms with van der Waals surface area (Å²) >= 11 is 0.